The summed E-state index contributed by atoms with van der Waals surface area (Å²) in [6.07, 6.45) is 5.51. The maximum atomic E-state index is 12.5. The molecule has 0 spiro atoms. The lowest BCUT2D eigenvalue weighted by Gasteiger charge is -2.27. The largest absolute Gasteiger partial charge is 0.341 e. The molecule has 2 fully saturated rings. The summed E-state index contributed by atoms with van der Waals surface area (Å²) >= 11 is 6.89. The Hall–Kier alpha value is -0.350. The van der Waals surface area contributed by atoms with Crippen LogP contribution in [0.5, 0.6) is 0 Å². The highest BCUT2D eigenvalue weighted by atomic mass is 79.9. The molecule has 2 aliphatic carbocycles. The summed E-state index contributed by atoms with van der Waals surface area (Å²) in [5.74, 6) is 2.64. The summed E-state index contributed by atoms with van der Waals surface area (Å²) in [5.41, 5.74) is 0.747. The Morgan fingerprint density at radius 2 is 1.90 bits per heavy atom. The van der Waals surface area contributed by atoms with Gasteiger partial charge in [0.15, 0.2) is 0 Å². The Bertz CT molecular complexity index is 511. The van der Waals surface area contributed by atoms with E-state index in [9.17, 15) is 4.79 Å². The first-order valence-corrected chi connectivity index (χ1v) is 8.83. The second-order valence-electron chi connectivity index (χ2n) is 6.28. The number of carbonyl (C=O) groups excluding carboxylic acids is 1. The van der Waals surface area contributed by atoms with Crippen LogP contribution >= 0.6 is 31.9 Å². The summed E-state index contributed by atoms with van der Waals surface area (Å²) in [6, 6.07) is 5.74. The normalized spacial score (nSPS) is 27.9. The zero-order chi connectivity index (χ0) is 14.3. The molecule has 0 N–H and O–H groups in total. The molecule has 0 saturated heterocycles. The molecule has 4 heteroatoms. The van der Waals surface area contributed by atoms with Crippen molar-refractivity contribution in [1.82, 2.24) is 4.90 Å². The predicted molar refractivity (Wildman–Crippen MR) is 87.7 cm³/mol. The Kier molecular flexibility index (Phi) is 4.23. The standard InChI is InChI=1S/C16H19Br2NO/c1-19(9-13-5-10-2-3-11(13)4-10)16(20)12-6-14(17)8-15(18)7-12/h6-8,10-11,13H,2-5,9H2,1H3. The van der Waals surface area contributed by atoms with Crippen molar-refractivity contribution in [2.24, 2.45) is 17.8 Å². The molecule has 2 aliphatic rings. The van der Waals surface area contributed by atoms with E-state index in [4.69, 9.17) is 0 Å². The summed E-state index contributed by atoms with van der Waals surface area (Å²) in [7, 11) is 1.93. The summed E-state index contributed by atoms with van der Waals surface area (Å²) < 4.78 is 1.87. The van der Waals surface area contributed by atoms with Gasteiger partial charge >= 0.3 is 0 Å². The minimum absolute atomic E-state index is 0.120. The van der Waals surface area contributed by atoms with E-state index >= 15 is 0 Å². The van der Waals surface area contributed by atoms with Crippen LogP contribution in [0.15, 0.2) is 27.1 Å². The van der Waals surface area contributed by atoms with Crippen LogP contribution in [0.1, 0.15) is 36.0 Å². The molecule has 2 saturated carbocycles. The van der Waals surface area contributed by atoms with Crippen molar-refractivity contribution in [2.75, 3.05) is 13.6 Å². The van der Waals surface area contributed by atoms with Gasteiger partial charge in [-0.05, 0) is 55.2 Å². The molecular weight excluding hydrogens is 382 g/mol. The molecular formula is C16H19Br2NO. The van der Waals surface area contributed by atoms with Gasteiger partial charge in [0.1, 0.15) is 0 Å². The minimum Gasteiger partial charge on any atom is -0.341 e. The lowest BCUT2D eigenvalue weighted by Crippen LogP contribution is -2.33. The van der Waals surface area contributed by atoms with Gasteiger partial charge in [-0.15, -0.1) is 0 Å². The smallest absolute Gasteiger partial charge is 0.253 e. The third kappa shape index (κ3) is 2.96. The van der Waals surface area contributed by atoms with Gasteiger partial charge in [-0.2, -0.15) is 0 Å². The van der Waals surface area contributed by atoms with E-state index in [2.05, 4.69) is 31.9 Å². The molecule has 0 radical (unpaired) electrons. The van der Waals surface area contributed by atoms with E-state index in [1.807, 2.05) is 30.1 Å². The van der Waals surface area contributed by atoms with E-state index in [1.165, 1.54) is 25.7 Å². The molecule has 1 amide bonds. The van der Waals surface area contributed by atoms with Gasteiger partial charge in [0, 0.05) is 28.1 Å². The zero-order valence-corrected chi connectivity index (χ0v) is 14.8. The van der Waals surface area contributed by atoms with E-state index in [0.717, 1.165) is 38.8 Å². The lowest BCUT2D eigenvalue weighted by atomic mass is 9.88. The number of benzene rings is 1. The Morgan fingerprint density at radius 1 is 1.20 bits per heavy atom. The third-order valence-electron chi connectivity index (χ3n) is 4.85. The first-order chi connectivity index (χ1) is 9.52. The fourth-order valence-corrected chi connectivity index (χ4v) is 5.23. The highest BCUT2D eigenvalue weighted by Crippen LogP contribution is 2.48. The number of hydrogen-bond acceptors (Lipinski definition) is 1. The van der Waals surface area contributed by atoms with Gasteiger partial charge in [-0.1, -0.05) is 38.3 Å². The molecule has 108 valence electrons. The van der Waals surface area contributed by atoms with Crippen LogP contribution < -0.4 is 0 Å². The summed E-state index contributed by atoms with van der Waals surface area (Å²) in [6.45, 7) is 0.907. The predicted octanol–water partition coefficient (Wildman–Crippen LogP) is 4.72. The second-order valence-corrected chi connectivity index (χ2v) is 8.11. The molecule has 3 unspecified atom stereocenters. The Labute approximate surface area is 137 Å². The number of hydrogen-bond donors (Lipinski definition) is 0. The van der Waals surface area contributed by atoms with Crippen molar-refractivity contribution in [2.45, 2.75) is 25.7 Å². The molecule has 3 atom stereocenters. The van der Waals surface area contributed by atoms with Crippen LogP contribution in [-0.4, -0.2) is 24.4 Å². The Morgan fingerprint density at radius 3 is 2.45 bits per heavy atom. The number of amides is 1. The number of carbonyl (C=O) groups is 1. The molecule has 0 heterocycles. The van der Waals surface area contributed by atoms with E-state index < -0.39 is 0 Å². The first-order valence-electron chi connectivity index (χ1n) is 7.24. The van der Waals surface area contributed by atoms with Crippen LogP contribution in [0.25, 0.3) is 0 Å². The molecule has 20 heavy (non-hydrogen) atoms. The average Bonchev–Trinajstić information content (AvgIpc) is 2.98. The lowest BCUT2D eigenvalue weighted by molar-refractivity contribution is 0.0754. The number of fused-ring (bicyclic) bond motifs is 2. The van der Waals surface area contributed by atoms with Crippen molar-refractivity contribution in [3.8, 4) is 0 Å². The quantitative estimate of drug-likeness (QED) is 0.718. The van der Waals surface area contributed by atoms with Crippen molar-refractivity contribution >= 4 is 37.8 Å². The summed E-state index contributed by atoms with van der Waals surface area (Å²) in [5, 5.41) is 0. The van der Waals surface area contributed by atoms with E-state index in [1.54, 1.807) is 0 Å². The first kappa shape index (κ1) is 14.6. The minimum atomic E-state index is 0.120. The topological polar surface area (TPSA) is 20.3 Å². The molecule has 2 nitrogen and oxygen atoms in total. The van der Waals surface area contributed by atoms with Crippen LogP contribution in [0.4, 0.5) is 0 Å². The number of halogens is 2. The fraction of sp³-hybridized carbons (Fsp3) is 0.562. The van der Waals surface area contributed by atoms with E-state index in [-0.39, 0.29) is 5.91 Å². The van der Waals surface area contributed by atoms with Crippen molar-refractivity contribution < 1.29 is 4.79 Å². The summed E-state index contributed by atoms with van der Waals surface area (Å²) in [4.78, 5) is 14.4. The Balaban J connectivity index is 1.67. The zero-order valence-electron chi connectivity index (χ0n) is 11.6. The van der Waals surface area contributed by atoms with Gasteiger partial charge in [0.2, 0.25) is 0 Å². The van der Waals surface area contributed by atoms with Gasteiger partial charge in [0.05, 0.1) is 0 Å². The average molecular weight is 401 g/mol. The van der Waals surface area contributed by atoms with Crippen LogP contribution in [0.3, 0.4) is 0 Å². The van der Waals surface area contributed by atoms with Gasteiger partial charge in [0.25, 0.3) is 5.91 Å². The maximum absolute atomic E-state index is 12.5. The highest BCUT2D eigenvalue weighted by molar-refractivity contribution is 9.11. The van der Waals surface area contributed by atoms with E-state index in [0.29, 0.717) is 0 Å². The van der Waals surface area contributed by atoms with Crippen molar-refractivity contribution in [3.05, 3.63) is 32.7 Å². The van der Waals surface area contributed by atoms with Crippen LogP contribution in [0.2, 0.25) is 0 Å². The second kappa shape index (κ2) is 5.80. The van der Waals surface area contributed by atoms with Crippen molar-refractivity contribution in [1.29, 1.82) is 0 Å². The molecule has 0 aliphatic heterocycles. The van der Waals surface area contributed by atoms with Crippen molar-refractivity contribution in [3.63, 3.8) is 0 Å². The third-order valence-corrected chi connectivity index (χ3v) is 5.76. The van der Waals surface area contributed by atoms with Gasteiger partial charge < -0.3 is 4.90 Å². The molecule has 3 rings (SSSR count). The molecule has 2 bridgehead atoms. The van der Waals surface area contributed by atoms with Gasteiger partial charge in [-0.25, -0.2) is 0 Å². The SMILES string of the molecule is CN(CC1CC2CCC1C2)C(=O)c1cc(Br)cc(Br)c1. The monoisotopic (exact) mass is 399 g/mol. The fourth-order valence-electron chi connectivity index (χ4n) is 3.93. The molecule has 1 aromatic rings. The highest BCUT2D eigenvalue weighted by Gasteiger charge is 2.40. The molecule has 1 aromatic carbocycles. The van der Waals surface area contributed by atoms with Crippen LogP contribution in [0, 0.1) is 17.8 Å². The molecule has 0 aromatic heterocycles. The maximum Gasteiger partial charge on any atom is 0.253 e. The number of rotatable bonds is 3. The number of nitrogens with zero attached hydrogens (tertiary/aromatic N) is 1. The van der Waals surface area contributed by atoms with Crippen LogP contribution in [-0.2, 0) is 0 Å². The van der Waals surface area contributed by atoms with Gasteiger partial charge in [-0.3, -0.25) is 4.79 Å².